The molecule has 180 valence electrons. The summed E-state index contributed by atoms with van der Waals surface area (Å²) in [6, 6.07) is 19.8. The fourth-order valence-electron chi connectivity index (χ4n) is 2.90. The largest absolute Gasteiger partial charge is 0.497 e. The minimum Gasteiger partial charge on any atom is -0.497 e. The van der Waals surface area contributed by atoms with Crippen molar-refractivity contribution in [1.82, 2.24) is 10.7 Å². The van der Waals surface area contributed by atoms with Crippen molar-refractivity contribution in [3.63, 3.8) is 0 Å². The van der Waals surface area contributed by atoms with Crippen LogP contribution in [0.15, 0.2) is 77.9 Å². The molecule has 3 rings (SSSR count). The highest BCUT2D eigenvalue weighted by molar-refractivity contribution is 5.96. The van der Waals surface area contributed by atoms with E-state index in [0.717, 1.165) is 0 Å². The van der Waals surface area contributed by atoms with E-state index in [1.807, 2.05) is 6.92 Å². The van der Waals surface area contributed by atoms with Gasteiger partial charge in [-0.25, -0.2) is 10.2 Å². The topological polar surface area (TPSA) is 115 Å². The SMILES string of the molecule is CCOc1ccc(C(=O)NCC(=O)N/N=C\c2cccc(OC(=O)c3ccc(OC)cc3)c2)cc1. The number of esters is 1. The highest BCUT2D eigenvalue weighted by Crippen LogP contribution is 2.16. The Kier molecular flexibility index (Phi) is 8.95. The van der Waals surface area contributed by atoms with Crippen LogP contribution in [0.3, 0.4) is 0 Å². The molecule has 0 unspecified atom stereocenters. The van der Waals surface area contributed by atoms with Crippen molar-refractivity contribution in [2.75, 3.05) is 20.3 Å². The van der Waals surface area contributed by atoms with E-state index in [-0.39, 0.29) is 6.54 Å². The Balaban J connectivity index is 1.47. The molecule has 0 aliphatic heterocycles. The molecular formula is C26H25N3O6. The van der Waals surface area contributed by atoms with Gasteiger partial charge in [-0.1, -0.05) is 12.1 Å². The summed E-state index contributed by atoms with van der Waals surface area (Å²) in [7, 11) is 1.54. The van der Waals surface area contributed by atoms with Gasteiger partial charge in [-0.15, -0.1) is 0 Å². The second-order valence-electron chi connectivity index (χ2n) is 7.12. The van der Waals surface area contributed by atoms with Crippen molar-refractivity contribution in [3.05, 3.63) is 89.5 Å². The molecule has 0 aliphatic carbocycles. The van der Waals surface area contributed by atoms with E-state index >= 15 is 0 Å². The minimum absolute atomic E-state index is 0.247. The second-order valence-corrected chi connectivity index (χ2v) is 7.12. The van der Waals surface area contributed by atoms with Crippen LogP contribution in [0.5, 0.6) is 17.2 Å². The summed E-state index contributed by atoms with van der Waals surface area (Å²) in [4.78, 5) is 36.5. The smallest absolute Gasteiger partial charge is 0.343 e. The van der Waals surface area contributed by atoms with E-state index in [1.165, 1.54) is 6.21 Å². The van der Waals surface area contributed by atoms with E-state index in [1.54, 1.807) is 79.9 Å². The van der Waals surface area contributed by atoms with Crippen LogP contribution in [0.1, 0.15) is 33.2 Å². The van der Waals surface area contributed by atoms with Gasteiger partial charge in [-0.2, -0.15) is 5.10 Å². The lowest BCUT2D eigenvalue weighted by Gasteiger charge is -2.06. The molecule has 9 nitrogen and oxygen atoms in total. The number of methoxy groups -OCH3 is 1. The third-order valence-electron chi connectivity index (χ3n) is 4.63. The predicted molar refractivity (Wildman–Crippen MR) is 130 cm³/mol. The summed E-state index contributed by atoms with van der Waals surface area (Å²) < 4.78 is 15.8. The lowest BCUT2D eigenvalue weighted by atomic mass is 10.2. The molecule has 0 aromatic heterocycles. The first-order valence-electron chi connectivity index (χ1n) is 10.8. The Morgan fingerprint density at radius 2 is 1.57 bits per heavy atom. The zero-order chi connectivity index (χ0) is 25.0. The Morgan fingerprint density at radius 3 is 2.26 bits per heavy atom. The molecule has 0 fully saturated rings. The molecule has 35 heavy (non-hydrogen) atoms. The van der Waals surface area contributed by atoms with Crippen molar-refractivity contribution in [3.8, 4) is 17.2 Å². The van der Waals surface area contributed by atoms with Gasteiger partial charge in [0.2, 0.25) is 0 Å². The number of rotatable bonds is 10. The Labute approximate surface area is 202 Å². The van der Waals surface area contributed by atoms with E-state index in [2.05, 4.69) is 15.8 Å². The summed E-state index contributed by atoms with van der Waals surface area (Å²) in [5.41, 5.74) is 3.72. The number of carbonyl (C=O) groups is 3. The zero-order valence-electron chi connectivity index (χ0n) is 19.3. The van der Waals surface area contributed by atoms with Gasteiger partial charge < -0.3 is 19.5 Å². The van der Waals surface area contributed by atoms with Crippen LogP contribution in [-0.2, 0) is 4.79 Å². The monoisotopic (exact) mass is 475 g/mol. The van der Waals surface area contributed by atoms with Gasteiger partial charge in [0.15, 0.2) is 0 Å². The Hall–Kier alpha value is -4.66. The van der Waals surface area contributed by atoms with Gasteiger partial charge in [0.25, 0.3) is 11.8 Å². The lowest BCUT2D eigenvalue weighted by Crippen LogP contribution is -2.34. The summed E-state index contributed by atoms with van der Waals surface area (Å²) >= 11 is 0. The molecule has 0 heterocycles. The number of ether oxygens (including phenoxy) is 3. The van der Waals surface area contributed by atoms with E-state index < -0.39 is 17.8 Å². The van der Waals surface area contributed by atoms with Gasteiger partial charge in [0.05, 0.1) is 32.0 Å². The number of nitrogens with zero attached hydrogens (tertiary/aromatic N) is 1. The van der Waals surface area contributed by atoms with E-state index in [9.17, 15) is 14.4 Å². The van der Waals surface area contributed by atoms with Crippen LogP contribution in [0.4, 0.5) is 0 Å². The molecule has 0 aliphatic rings. The average Bonchev–Trinajstić information content (AvgIpc) is 2.88. The summed E-state index contributed by atoms with van der Waals surface area (Å²) in [5, 5.41) is 6.40. The number of hydrogen-bond donors (Lipinski definition) is 2. The minimum atomic E-state index is -0.515. The molecule has 0 saturated carbocycles. The van der Waals surface area contributed by atoms with Gasteiger partial charge >= 0.3 is 5.97 Å². The normalized spacial score (nSPS) is 10.5. The van der Waals surface area contributed by atoms with Gasteiger partial charge in [-0.3, -0.25) is 9.59 Å². The van der Waals surface area contributed by atoms with E-state index in [4.69, 9.17) is 14.2 Å². The molecule has 3 aromatic carbocycles. The van der Waals surface area contributed by atoms with Gasteiger partial charge in [0, 0.05) is 5.56 Å². The number of hydrazone groups is 1. The van der Waals surface area contributed by atoms with Crippen LogP contribution in [0.25, 0.3) is 0 Å². The van der Waals surface area contributed by atoms with Crippen LogP contribution in [0, 0.1) is 0 Å². The van der Waals surface area contributed by atoms with E-state index in [0.29, 0.717) is 40.5 Å². The van der Waals surface area contributed by atoms with Crippen LogP contribution in [-0.4, -0.2) is 44.3 Å². The van der Waals surface area contributed by atoms with Gasteiger partial charge in [-0.05, 0) is 73.2 Å². The Bertz CT molecular complexity index is 1190. The molecule has 0 radical (unpaired) electrons. The molecule has 3 aromatic rings. The Morgan fingerprint density at radius 1 is 0.886 bits per heavy atom. The van der Waals surface area contributed by atoms with Crippen LogP contribution in [0.2, 0.25) is 0 Å². The highest BCUT2D eigenvalue weighted by Gasteiger charge is 2.10. The molecule has 2 N–H and O–H groups in total. The van der Waals surface area contributed by atoms with Crippen LogP contribution >= 0.6 is 0 Å². The van der Waals surface area contributed by atoms with Crippen molar-refractivity contribution in [2.24, 2.45) is 5.10 Å². The van der Waals surface area contributed by atoms with Crippen molar-refractivity contribution >= 4 is 24.0 Å². The summed E-state index contributed by atoms with van der Waals surface area (Å²) in [5.74, 6) is 0.219. The first-order chi connectivity index (χ1) is 17.0. The van der Waals surface area contributed by atoms with Crippen molar-refractivity contribution in [1.29, 1.82) is 0 Å². The maximum absolute atomic E-state index is 12.3. The zero-order valence-corrected chi connectivity index (χ0v) is 19.3. The second kappa shape index (κ2) is 12.5. The lowest BCUT2D eigenvalue weighted by molar-refractivity contribution is -0.120. The molecule has 0 atom stereocenters. The molecule has 2 amide bonds. The first kappa shape index (κ1) is 25.0. The predicted octanol–water partition coefficient (Wildman–Crippen LogP) is 3.19. The van der Waals surface area contributed by atoms with Crippen molar-refractivity contribution in [2.45, 2.75) is 6.92 Å². The first-order valence-corrected chi connectivity index (χ1v) is 10.8. The summed E-state index contributed by atoms with van der Waals surface area (Å²) in [6.45, 7) is 2.16. The molecular weight excluding hydrogens is 450 g/mol. The van der Waals surface area contributed by atoms with Gasteiger partial charge in [0.1, 0.15) is 17.2 Å². The number of nitrogens with one attached hydrogen (secondary N) is 2. The quantitative estimate of drug-likeness (QED) is 0.201. The molecule has 0 saturated heterocycles. The molecule has 0 bridgehead atoms. The highest BCUT2D eigenvalue weighted by atomic mass is 16.5. The number of benzene rings is 3. The third kappa shape index (κ3) is 7.71. The van der Waals surface area contributed by atoms with Crippen molar-refractivity contribution < 1.29 is 28.6 Å². The maximum atomic E-state index is 12.3. The average molecular weight is 476 g/mol. The standard InChI is InChI=1S/C26H25N3O6/c1-3-34-22-13-7-19(8-14-22)25(31)27-17-24(30)29-28-16-18-5-4-6-23(15-18)35-26(32)20-9-11-21(33-2)12-10-20/h4-16H,3,17H2,1-2H3,(H,27,31)(H,29,30)/b28-16-. The third-order valence-corrected chi connectivity index (χ3v) is 4.63. The fourth-order valence-corrected chi connectivity index (χ4v) is 2.90. The number of hydrogen-bond acceptors (Lipinski definition) is 7. The molecule has 9 heteroatoms. The number of carbonyl (C=O) groups excluding carboxylic acids is 3. The number of amides is 2. The van der Waals surface area contributed by atoms with Crippen LogP contribution < -0.4 is 25.0 Å². The fraction of sp³-hybridized carbons (Fsp3) is 0.154. The summed E-state index contributed by atoms with van der Waals surface area (Å²) in [6.07, 6.45) is 1.40. The molecule has 0 spiro atoms. The maximum Gasteiger partial charge on any atom is 0.343 e.